The van der Waals surface area contributed by atoms with Crippen LogP contribution in [0.1, 0.15) is 21.5 Å². The summed E-state index contributed by atoms with van der Waals surface area (Å²) in [6, 6.07) is 12.8. The smallest absolute Gasteiger partial charge is 0.231 e. The normalized spacial score (nSPS) is 14.6. The van der Waals surface area contributed by atoms with Crippen molar-refractivity contribution in [3.05, 3.63) is 77.1 Å². The summed E-state index contributed by atoms with van der Waals surface area (Å²) in [5.41, 5.74) is 1.97. The van der Waals surface area contributed by atoms with E-state index in [1.807, 2.05) is 36.4 Å². The number of fused-ring (bicyclic) bond motifs is 1. The highest BCUT2D eigenvalue weighted by atomic mass is 16.5. The van der Waals surface area contributed by atoms with Crippen molar-refractivity contribution >= 4 is 11.9 Å². The molecule has 30 heavy (non-hydrogen) atoms. The molecule has 1 heterocycles. The van der Waals surface area contributed by atoms with E-state index in [1.165, 1.54) is 6.07 Å². The maximum Gasteiger partial charge on any atom is 0.231 e. The summed E-state index contributed by atoms with van der Waals surface area (Å²) < 4.78 is 16.2. The van der Waals surface area contributed by atoms with Crippen molar-refractivity contribution in [2.45, 2.75) is 6.54 Å². The average molecular weight is 409 g/mol. The molecule has 2 aromatic carbocycles. The zero-order valence-electron chi connectivity index (χ0n) is 17.4. The summed E-state index contributed by atoms with van der Waals surface area (Å²) in [4.78, 5) is 13.9. The number of carbonyl (C=O) groups excluding carboxylic acids is 1. The standard InChI is InChI=1S/C24H27NO5/c1-28-15-13-25(14-16-29-2)17-20-21(26)12-11-19-23(27)22(30-24(19)20)10-6-9-18-7-4-3-5-8-18/h3-12,26H,13-17H2,1-2H3/b9-6+,22-10-. The Kier molecular flexibility index (Phi) is 7.79. The molecule has 0 aromatic heterocycles. The van der Waals surface area contributed by atoms with Crippen molar-refractivity contribution < 1.29 is 29.0 Å². The van der Waals surface area contributed by atoms with Crippen LogP contribution in [0.5, 0.6) is 11.5 Å². The minimum Gasteiger partial charge on any atom is -0.872 e. The number of carbonyl (C=O) groups is 1. The predicted molar refractivity (Wildman–Crippen MR) is 113 cm³/mol. The first-order valence-corrected chi connectivity index (χ1v) is 9.94. The Labute approximate surface area is 177 Å². The van der Waals surface area contributed by atoms with Crippen molar-refractivity contribution in [2.75, 3.05) is 40.5 Å². The SMILES string of the molecule is COCC[NH+](CCOC)Cc1c([O-])ccc2c1O/C(=C\C=C\c1ccccc1)C2=O. The summed E-state index contributed by atoms with van der Waals surface area (Å²) in [5.74, 6) is 0.257. The molecule has 6 nitrogen and oxygen atoms in total. The molecule has 0 aliphatic carbocycles. The third-order valence-electron chi connectivity index (χ3n) is 4.98. The van der Waals surface area contributed by atoms with Gasteiger partial charge in [0, 0.05) is 19.8 Å². The Morgan fingerprint density at radius 1 is 1.03 bits per heavy atom. The number of nitrogens with one attached hydrogen (secondary N) is 1. The lowest BCUT2D eigenvalue weighted by molar-refractivity contribution is -0.914. The monoisotopic (exact) mass is 409 g/mol. The largest absolute Gasteiger partial charge is 0.872 e. The summed E-state index contributed by atoms with van der Waals surface area (Å²) >= 11 is 0. The number of ketones is 1. The lowest BCUT2D eigenvalue weighted by Crippen LogP contribution is -3.11. The molecule has 0 saturated heterocycles. The highest BCUT2D eigenvalue weighted by Gasteiger charge is 2.30. The second-order valence-corrected chi connectivity index (χ2v) is 7.06. The first kappa shape index (κ1) is 21.8. The molecule has 0 radical (unpaired) electrons. The predicted octanol–water partition coefficient (Wildman–Crippen LogP) is 1.61. The molecule has 0 bridgehead atoms. The van der Waals surface area contributed by atoms with E-state index in [2.05, 4.69) is 0 Å². The minimum atomic E-state index is -0.209. The molecule has 6 heteroatoms. The van der Waals surface area contributed by atoms with Crippen LogP contribution in [0.3, 0.4) is 0 Å². The molecular formula is C24H27NO5. The number of allylic oxidation sites excluding steroid dienone is 3. The third kappa shape index (κ3) is 5.36. The van der Waals surface area contributed by atoms with E-state index in [1.54, 1.807) is 32.4 Å². The summed E-state index contributed by atoms with van der Waals surface area (Å²) in [5, 5.41) is 12.6. The van der Waals surface area contributed by atoms with Crippen LogP contribution in [0.4, 0.5) is 0 Å². The van der Waals surface area contributed by atoms with Gasteiger partial charge in [-0.1, -0.05) is 54.3 Å². The van der Waals surface area contributed by atoms with Crippen LogP contribution in [-0.4, -0.2) is 46.3 Å². The lowest BCUT2D eigenvalue weighted by Gasteiger charge is -2.23. The van der Waals surface area contributed by atoms with Gasteiger partial charge in [0.15, 0.2) is 5.76 Å². The van der Waals surface area contributed by atoms with Crippen LogP contribution in [-0.2, 0) is 16.0 Å². The van der Waals surface area contributed by atoms with E-state index >= 15 is 0 Å². The van der Waals surface area contributed by atoms with Gasteiger partial charge in [0.1, 0.15) is 25.4 Å². The summed E-state index contributed by atoms with van der Waals surface area (Å²) in [7, 11) is 3.30. The molecule has 2 aromatic rings. The fourth-order valence-electron chi connectivity index (χ4n) is 3.33. The molecular weight excluding hydrogens is 382 g/mol. The number of rotatable bonds is 10. The first-order valence-electron chi connectivity index (χ1n) is 9.94. The molecule has 0 amide bonds. The molecule has 0 saturated carbocycles. The third-order valence-corrected chi connectivity index (χ3v) is 4.98. The second-order valence-electron chi connectivity index (χ2n) is 7.06. The topological polar surface area (TPSA) is 72.3 Å². The van der Waals surface area contributed by atoms with Gasteiger partial charge in [0.05, 0.1) is 18.8 Å². The zero-order chi connectivity index (χ0) is 21.3. The number of hydrogen-bond acceptors (Lipinski definition) is 5. The van der Waals surface area contributed by atoms with Gasteiger partial charge in [0.2, 0.25) is 5.78 Å². The second kappa shape index (κ2) is 10.7. The van der Waals surface area contributed by atoms with Gasteiger partial charge < -0.3 is 24.2 Å². The maximum absolute atomic E-state index is 12.8. The van der Waals surface area contributed by atoms with Crippen molar-refractivity contribution in [2.24, 2.45) is 0 Å². The van der Waals surface area contributed by atoms with Crippen LogP contribution in [0.2, 0.25) is 0 Å². The Balaban J connectivity index is 1.81. The van der Waals surface area contributed by atoms with Crippen molar-refractivity contribution in [3.63, 3.8) is 0 Å². The minimum absolute atomic E-state index is 0.130. The number of quaternary nitrogens is 1. The lowest BCUT2D eigenvalue weighted by atomic mass is 10.0. The quantitative estimate of drug-likeness (QED) is 0.604. The van der Waals surface area contributed by atoms with E-state index in [0.29, 0.717) is 36.6 Å². The number of hydrogen-bond donors (Lipinski definition) is 1. The molecule has 3 rings (SSSR count). The first-order chi connectivity index (χ1) is 14.6. The molecule has 0 unspecified atom stereocenters. The Morgan fingerprint density at radius 2 is 1.73 bits per heavy atom. The van der Waals surface area contributed by atoms with E-state index in [4.69, 9.17) is 14.2 Å². The highest BCUT2D eigenvalue weighted by Crippen LogP contribution is 2.37. The van der Waals surface area contributed by atoms with E-state index in [9.17, 15) is 9.90 Å². The molecule has 0 spiro atoms. The van der Waals surface area contributed by atoms with Gasteiger partial charge in [-0.15, -0.1) is 0 Å². The van der Waals surface area contributed by atoms with Gasteiger partial charge in [-0.3, -0.25) is 4.79 Å². The number of ether oxygens (including phenoxy) is 3. The number of methoxy groups -OCH3 is 2. The zero-order valence-corrected chi connectivity index (χ0v) is 17.4. The van der Waals surface area contributed by atoms with Crippen LogP contribution in [0.25, 0.3) is 6.08 Å². The van der Waals surface area contributed by atoms with E-state index in [-0.39, 0.29) is 17.3 Å². The summed E-state index contributed by atoms with van der Waals surface area (Å²) in [6.45, 7) is 3.02. The van der Waals surface area contributed by atoms with E-state index in [0.717, 1.165) is 23.6 Å². The fraction of sp³-hybridized carbons (Fsp3) is 0.292. The molecule has 0 fully saturated rings. The van der Waals surface area contributed by atoms with Crippen molar-refractivity contribution in [3.8, 4) is 11.5 Å². The van der Waals surface area contributed by atoms with Gasteiger partial charge in [-0.05, 0) is 17.7 Å². The Morgan fingerprint density at radius 3 is 2.40 bits per heavy atom. The van der Waals surface area contributed by atoms with Crippen LogP contribution in [0.15, 0.2) is 60.4 Å². The van der Waals surface area contributed by atoms with Gasteiger partial charge in [-0.25, -0.2) is 0 Å². The van der Waals surface area contributed by atoms with Crippen LogP contribution < -0.4 is 14.7 Å². The highest BCUT2D eigenvalue weighted by molar-refractivity contribution is 6.12. The Hall–Kier alpha value is -2.93. The summed E-state index contributed by atoms with van der Waals surface area (Å²) in [6.07, 6.45) is 5.32. The van der Waals surface area contributed by atoms with Crippen molar-refractivity contribution in [1.29, 1.82) is 0 Å². The number of Topliss-reactive ketones (excluding diaryl/α,β-unsaturated/α-hetero) is 1. The molecule has 0 atom stereocenters. The Bertz CT molecular complexity index is 913. The van der Waals surface area contributed by atoms with Gasteiger partial charge in [0.25, 0.3) is 0 Å². The van der Waals surface area contributed by atoms with Crippen LogP contribution >= 0.6 is 0 Å². The molecule has 1 aliphatic rings. The van der Waals surface area contributed by atoms with Gasteiger partial charge >= 0.3 is 0 Å². The van der Waals surface area contributed by atoms with E-state index < -0.39 is 0 Å². The molecule has 1 N–H and O–H groups in total. The average Bonchev–Trinajstić information content (AvgIpc) is 3.08. The maximum atomic E-state index is 12.8. The number of benzene rings is 2. The molecule has 158 valence electrons. The molecule has 1 aliphatic heterocycles. The van der Waals surface area contributed by atoms with Crippen LogP contribution in [0, 0.1) is 0 Å². The fourth-order valence-corrected chi connectivity index (χ4v) is 3.33. The van der Waals surface area contributed by atoms with Crippen molar-refractivity contribution in [1.82, 2.24) is 0 Å². The van der Waals surface area contributed by atoms with Gasteiger partial charge in [-0.2, -0.15) is 0 Å².